The third-order valence-electron chi connectivity index (χ3n) is 2.48. The smallest absolute Gasteiger partial charge is 0.220 e. The van der Waals surface area contributed by atoms with Gasteiger partial charge in [-0.1, -0.05) is 6.07 Å². The van der Waals surface area contributed by atoms with E-state index in [-0.39, 0.29) is 11.8 Å². The number of carbonyl (C=O) groups is 1. The number of amides is 1. The zero-order valence-electron chi connectivity index (χ0n) is 9.65. The Kier molecular flexibility index (Phi) is 5.50. The third kappa shape index (κ3) is 3.98. The Balaban J connectivity index is 2.47. The van der Waals surface area contributed by atoms with Gasteiger partial charge in [0.05, 0.1) is 0 Å². The van der Waals surface area contributed by atoms with E-state index in [9.17, 15) is 4.79 Å². The first-order chi connectivity index (χ1) is 7.77. The van der Waals surface area contributed by atoms with Gasteiger partial charge in [0.2, 0.25) is 5.91 Å². The van der Waals surface area contributed by atoms with E-state index in [1.54, 1.807) is 6.20 Å². The highest BCUT2D eigenvalue weighted by atomic mass is 16.1. The summed E-state index contributed by atoms with van der Waals surface area (Å²) in [5, 5.41) is 2.78. The molecule has 4 heteroatoms. The molecule has 1 amide bonds. The van der Waals surface area contributed by atoms with Crippen LogP contribution in [0.25, 0.3) is 0 Å². The molecule has 0 saturated heterocycles. The van der Waals surface area contributed by atoms with E-state index in [0.29, 0.717) is 19.5 Å². The molecule has 0 spiro atoms. The van der Waals surface area contributed by atoms with Crippen LogP contribution >= 0.6 is 0 Å². The average molecular weight is 221 g/mol. The Morgan fingerprint density at radius 2 is 2.38 bits per heavy atom. The number of pyridine rings is 1. The van der Waals surface area contributed by atoms with Crippen LogP contribution < -0.4 is 11.1 Å². The standard InChI is InChI=1S/C12H19N3O/c1-2-14-12(16)7-6-10(9-13)11-5-3-4-8-15-11/h3-5,8,10H,2,6-7,9,13H2,1H3,(H,14,16). The fourth-order valence-corrected chi connectivity index (χ4v) is 1.59. The highest BCUT2D eigenvalue weighted by molar-refractivity contribution is 5.75. The van der Waals surface area contributed by atoms with Crippen molar-refractivity contribution >= 4 is 5.91 Å². The predicted octanol–water partition coefficient (Wildman–Crippen LogP) is 1.04. The van der Waals surface area contributed by atoms with Crippen molar-refractivity contribution in [1.82, 2.24) is 10.3 Å². The SMILES string of the molecule is CCNC(=O)CCC(CN)c1ccccn1. The molecule has 1 heterocycles. The molecule has 3 N–H and O–H groups in total. The van der Waals surface area contributed by atoms with Gasteiger partial charge in [-0.25, -0.2) is 0 Å². The fraction of sp³-hybridized carbons (Fsp3) is 0.500. The van der Waals surface area contributed by atoms with E-state index in [4.69, 9.17) is 5.73 Å². The first kappa shape index (κ1) is 12.6. The maximum atomic E-state index is 11.3. The minimum atomic E-state index is 0.0804. The molecule has 16 heavy (non-hydrogen) atoms. The quantitative estimate of drug-likeness (QED) is 0.754. The molecule has 0 aromatic carbocycles. The summed E-state index contributed by atoms with van der Waals surface area (Å²) >= 11 is 0. The summed E-state index contributed by atoms with van der Waals surface area (Å²) in [6.45, 7) is 3.11. The van der Waals surface area contributed by atoms with Crippen molar-refractivity contribution in [1.29, 1.82) is 0 Å². The summed E-state index contributed by atoms with van der Waals surface area (Å²) in [7, 11) is 0. The molecule has 0 aliphatic rings. The van der Waals surface area contributed by atoms with Gasteiger partial charge in [-0.3, -0.25) is 9.78 Å². The van der Waals surface area contributed by atoms with Crippen molar-refractivity contribution in [2.24, 2.45) is 5.73 Å². The van der Waals surface area contributed by atoms with Crippen LogP contribution in [-0.4, -0.2) is 24.0 Å². The van der Waals surface area contributed by atoms with E-state index in [1.807, 2.05) is 25.1 Å². The average Bonchev–Trinajstić information content (AvgIpc) is 2.31. The second-order valence-electron chi connectivity index (χ2n) is 3.68. The molecule has 0 radical (unpaired) electrons. The minimum Gasteiger partial charge on any atom is -0.356 e. The van der Waals surface area contributed by atoms with Crippen LogP contribution in [-0.2, 0) is 4.79 Å². The van der Waals surface area contributed by atoms with Crippen LogP contribution in [0, 0.1) is 0 Å². The van der Waals surface area contributed by atoms with Crippen LogP contribution in [0.1, 0.15) is 31.4 Å². The second kappa shape index (κ2) is 6.95. The number of carbonyl (C=O) groups excluding carboxylic acids is 1. The Morgan fingerprint density at radius 1 is 1.56 bits per heavy atom. The molecule has 0 bridgehead atoms. The van der Waals surface area contributed by atoms with Crippen molar-refractivity contribution in [2.45, 2.75) is 25.7 Å². The summed E-state index contributed by atoms with van der Waals surface area (Å²) in [4.78, 5) is 15.6. The van der Waals surface area contributed by atoms with Crippen molar-refractivity contribution in [3.05, 3.63) is 30.1 Å². The van der Waals surface area contributed by atoms with Gasteiger partial charge in [0.1, 0.15) is 0 Å². The molecule has 1 aromatic rings. The van der Waals surface area contributed by atoms with E-state index in [2.05, 4.69) is 10.3 Å². The van der Waals surface area contributed by atoms with Crippen LogP contribution in [0.3, 0.4) is 0 Å². The molecular weight excluding hydrogens is 202 g/mol. The number of hydrogen-bond donors (Lipinski definition) is 2. The van der Waals surface area contributed by atoms with Gasteiger partial charge in [0.25, 0.3) is 0 Å². The molecular formula is C12H19N3O. The van der Waals surface area contributed by atoms with Gasteiger partial charge in [0.15, 0.2) is 0 Å². The summed E-state index contributed by atoms with van der Waals surface area (Å²) < 4.78 is 0. The van der Waals surface area contributed by atoms with Crippen LogP contribution in [0.5, 0.6) is 0 Å². The van der Waals surface area contributed by atoms with Crippen LogP contribution in [0.15, 0.2) is 24.4 Å². The third-order valence-corrected chi connectivity index (χ3v) is 2.48. The van der Waals surface area contributed by atoms with Gasteiger partial charge in [-0.2, -0.15) is 0 Å². The maximum absolute atomic E-state index is 11.3. The second-order valence-corrected chi connectivity index (χ2v) is 3.68. The fourth-order valence-electron chi connectivity index (χ4n) is 1.59. The Labute approximate surface area is 96.3 Å². The Hall–Kier alpha value is -1.42. The van der Waals surface area contributed by atoms with Gasteiger partial charge in [-0.15, -0.1) is 0 Å². The zero-order chi connectivity index (χ0) is 11.8. The Morgan fingerprint density at radius 3 is 2.94 bits per heavy atom. The summed E-state index contributed by atoms with van der Waals surface area (Å²) in [5.74, 6) is 0.251. The van der Waals surface area contributed by atoms with Gasteiger partial charge in [0, 0.05) is 37.3 Å². The molecule has 0 fully saturated rings. The van der Waals surface area contributed by atoms with E-state index < -0.39 is 0 Å². The van der Waals surface area contributed by atoms with Crippen molar-refractivity contribution < 1.29 is 4.79 Å². The molecule has 1 rings (SSSR count). The molecule has 88 valence electrons. The Bertz CT molecular complexity index is 313. The van der Waals surface area contributed by atoms with Crippen molar-refractivity contribution in [3.63, 3.8) is 0 Å². The number of rotatable bonds is 6. The molecule has 4 nitrogen and oxygen atoms in total. The lowest BCUT2D eigenvalue weighted by Crippen LogP contribution is -2.24. The summed E-state index contributed by atoms with van der Waals surface area (Å²) in [6.07, 6.45) is 3.01. The monoisotopic (exact) mass is 221 g/mol. The number of nitrogens with zero attached hydrogens (tertiary/aromatic N) is 1. The minimum absolute atomic E-state index is 0.0804. The van der Waals surface area contributed by atoms with Crippen LogP contribution in [0.4, 0.5) is 0 Å². The molecule has 0 aliphatic heterocycles. The molecule has 1 unspecified atom stereocenters. The number of nitrogens with two attached hydrogens (primary N) is 1. The van der Waals surface area contributed by atoms with E-state index >= 15 is 0 Å². The largest absolute Gasteiger partial charge is 0.356 e. The number of hydrogen-bond acceptors (Lipinski definition) is 3. The normalized spacial score (nSPS) is 12.1. The number of aromatic nitrogens is 1. The van der Waals surface area contributed by atoms with Gasteiger partial charge in [-0.05, 0) is 25.5 Å². The molecule has 1 atom stereocenters. The van der Waals surface area contributed by atoms with Gasteiger partial charge >= 0.3 is 0 Å². The number of nitrogens with one attached hydrogen (secondary N) is 1. The highest BCUT2D eigenvalue weighted by Gasteiger charge is 2.12. The predicted molar refractivity (Wildman–Crippen MR) is 64.0 cm³/mol. The van der Waals surface area contributed by atoms with Crippen molar-refractivity contribution in [2.75, 3.05) is 13.1 Å². The first-order valence-corrected chi connectivity index (χ1v) is 5.65. The molecule has 0 aliphatic carbocycles. The topological polar surface area (TPSA) is 68.0 Å². The maximum Gasteiger partial charge on any atom is 0.220 e. The lowest BCUT2D eigenvalue weighted by molar-refractivity contribution is -0.121. The van der Waals surface area contributed by atoms with E-state index in [0.717, 1.165) is 12.1 Å². The zero-order valence-corrected chi connectivity index (χ0v) is 9.65. The molecule has 1 aromatic heterocycles. The lowest BCUT2D eigenvalue weighted by atomic mass is 9.99. The van der Waals surface area contributed by atoms with Gasteiger partial charge < -0.3 is 11.1 Å². The van der Waals surface area contributed by atoms with Crippen LogP contribution in [0.2, 0.25) is 0 Å². The highest BCUT2D eigenvalue weighted by Crippen LogP contribution is 2.17. The summed E-state index contributed by atoms with van der Waals surface area (Å²) in [6, 6.07) is 5.77. The van der Waals surface area contributed by atoms with Crippen molar-refractivity contribution in [3.8, 4) is 0 Å². The van der Waals surface area contributed by atoms with E-state index in [1.165, 1.54) is 0 Å². The molecule has 0 saturated carbocycles. The summed E-state index contributed by atoms with van der Waals surface area (Å²) in [5.41, 5.74) is 6.66. The first-order valence-electron chi connectivity index (χ1n) is 5.65. The lowest BCUT2D eigenvalue weighted by Gasteiger charge is -2.13.